The van der Waals surface area contributed by atoms with E-state index in [0.29, 0.717) is 12.3 Å². The zero-order valence-corrected chi connectivity index (χ0v) is 9.43. The average molecular weight is 227 g/mol. The van der Waals surface area contributed by atoms with Crippen LogP contribution in [0.3, 0.4) is 0 Å². The number of nitrogen functional groups attached to an aromatic ring is 1. The first-order valence-electron chi connectivity index (χ1n) is 4.99. The Labute approximate surface area is 94.0 Å². The molecule has 1 heterocycles. The van der Waals surface area contributed by atoms with Gasteiger partial charge in [0.1, 0.15) is 5.76 Å². The van der Waals surface area contributed by atoms with Crippen molar-refractivity contribution in [1.29, 1.82) is 0 Å². The number of hydrazine groups is 1. The lowest BCUT2D eigenvalue weighted by Crippen LogP contribution is -2.31. The van der Waals surface area contributed by atoms with Gasteiger partial charge in [-0.3, -0.25) is 15.1 Å². The number of carbonyl (C=O) groups excluding carboxylic acids is 1. The summed E-state index contributed by atoms with van der Waals surface area (Å²) in [5.41, 5.74) is 2.00. The van der Waals surface area contributed by atoms with Gasteiger partial charge in [0.15, 0.2) is 5.76 Å². The van der Waals surface area contributed by atoms with Crippen molar-refractivity contribution in [3.8, 4) is 0 Å². The second-order valence-corrected chi connectivity index (χ2v) is 3.69. The van der Waals surface area contributed by atoms with Crippen molar-refractivity contribution >= 4 is 5.91 Å². The minimum absolute atomic E-state index is 0.0388. The summed E-state index contributed by atoms with van der Waals surface area (Å²) in [6.07, 6.45) is 0. The van der Waals surface area contributed by atoms with Gasteiger partial charge in [-0.25, -0.2) is 5.84 Å². The van der Waals surface area contributed by atoms with Crippen molar-refractivity contribution < 1.29 is 14.3 Å². The summed E-state index contributed by atoms with van der Waals surface area (Å²) in [7, 11) is 1.87. The lowest BCUT2D eigenvalue weighted by atomic mass is 10.3. The molecular weight excluding hydrogens is 210 g/mol. The molecule has 1 unspecified atom stereocenters. The maximum absolute atomic E-state index is 11.1. The summed E-state index contributed by atoms with van der Waals surface area (Å²) < 4.78 is 5.29. The van der Waals surface area contributed by atoms with E-state index in [2.05, 4.69) is 0 Å². The van der Waals surface area contributed by atoms with Crippen LogP contribution in [0.15, 0.2) is 16.5 Å². The van der Waals surface area contributed by atoms with E-state index in [1.54, 1.807) is 12.1 Å². The molecule has 0 fully saturated rings. The van der Waals surface area contributed by atoms with Crippen molar-refractivity contribution in [2.45, 2.75) is 19.5 Å². The topological polar surface area (TPSA) is 91.7 Å². The predicted octanol–water partition coefficient (Wildman–Crippen LogP) is -0.304. The largest absolute Gasteiger partial charge is 0.455 e. The molecule has 16 heavy (non-hydrogen) atoms. The number of nitrogens with two attached hydrogens (primary N) is 1. The van der Waals surface area contributed by atoms with Crippen LogP contribution in [0, 0.1) is 0 Å². The Morgan fingerprint density at radius 1 is 1.69 bits per heavy atom. The Bertz CT molecular complexity index is 351. The summed E-state index contributed by atoms with van der Waals surface area (Å²) in [6, 6.07) is 3.32. The Morgan fingerprint density at radius 2 is 2.38 bits per heavy atom. The van der Waals surface area contributed by atoms with E-state index in [0.717, 1.165) is 0 Å². The highest BCUT2D eigenvalue weighted by Gasteiger charge is 2.13. The monoisotopic (exact) mass is 227 g/mol. The molecule has 90 valence electrons. The molecule has 0 bridgehead atoms. The quantitative estimate of drug-likeness (QED) is 0.365. The number of amides is 1. The maximum Gasteiger partial charge on any atom is 0.300 e. The number of hydrogen-bond donors (Lipinski definition) is 3. The number of aliphatic hydroxyl groups excluding tert-OH is 1. The van der Waals surface area contributed by atoms with E-state index >= 15 is 0 Å². The third-order valence-electron chi connectivity index (χ3n) is 2.44. The van der Waals surface area contributed by atoms with Crippen molar-refractivity contribution in [2.24, 2.45) is 5.84 Å². The molecule has 1 amide bonds. The van der Waals surface area contributed by atoms with Crippen LogP contribution >= 0.6 is 0 Å². The Balaban J connectivity index is 2.61. The standard InChI is InChI=1S/C10H17N3O3/c1-7(6-14)13(2)5-8-3-4-9(16-8)10(15)12-11/h3-4,7,14H,5-6,11H2,1-2H3,(H,12,15). The van der Waals surface area contributed by atoms with Gasteiger partial charge >= 0.3 is 5.91 Å². The van der Waals surface area contributed by atoms with Gasteiger partial charge in [-0.1, -0.05) is 0 Å². The fourth-order valence-electron chi connectivity index (χ4n) is 1.20. The van der Waals surface area contributed by atoms with Crippen LogP contribution in [0.5, 0.6) is 0 Å². The van der Waals surface area contributed by atoms with Crippen LogP contribution in [0.25, 0.3) is 0 Å². The molecular formula is C10H17N3O3. The second kappa shape index (κ2) is 5.64. The zero-order chi connectivity index (χ0) is 12.1. The van der Waals surface area contributed by atoms with E-state index < -0.39 is 5.91 Å². The normalized spacial score (nSPS) is 12.8. The third kappa shape index (κ3) is 3.06. The first kappa shape index (κ1) is 12.7. The number of hydrogen-bond acceptors (Lipinski definition) is 5. The molecule has 0 aromatic carbocycles. The number of nitrogens with zero attached hydrogens (tertiary/aromatic N) is 1. The smallest absolute Gasteiger partial charge is 0.300 e. The first-order valence-corrected chi connectivity index (χ1v) is 4.99. The molecule has 1 aromatic rings. The van der Waals surface area contributed by atoms with Crippen LogP contribution in [0.4, 0.5) is 0 Å². The zero-order valence-electron chi connectivity index (χ0n) is 9.43. The molecule has 0 aliphatic heterocycles. The van der Waals surface area contributed by atoms with Gasteiger partial charge in [-0.05, 0) is 26.1 Å². The minimum atomic E-state index is -0.455. The van der Waals surface area contributed by atoms with Gasteiger partial charge in [0, 0.05) is 6.04 Å². The Hall–Kier alpha value is -1.37. The van der Waals surface area contributed by atoms with E-state index in [1.807, 2.05) is 24.3 Å². The number of likely N-dealkylation sites (N-methyl/N-ethyl adjacent to an activating group) is 1. The predicted molar refractivity (Wildman–Crippen MR) is 58.4 cm³/mol. The van der Waals surface area contributed by atoms with Crippen molar-refractivity contribution in [3.63, 3.8) is 0 Å². The number of carbonyl (C=O) groups is 1. The van der Waals surface area contributed by atoms with Crippen LogP contribution in [0.1, 0.15) is 23.2 Å². The highest BCUT2D eigenvalue weighted by molar-refractivity contribution is 5.90. The Morgan fingerprint density at radius 3 is 2.94 bits per heavy atom. The SMILES string of the molecule is CC(CO)N(C)Cc1ccc(C(=O)NN)o1. The summed E-state index contributed by atoms with van der Waals surface area (Å²) >= 11 is 0. The van der Waals surface area contributed by atoms with Gasteiger partial charge in [-0.15, -0.1) is 0 Å². The molecule has 0 saturated carbocycles. The highest BCUT2D eigenvalue weighted by atomic mass is 16.4. The number of aliphatic hydroxyl groups is 1. The molecule has 1 atom stereocenters. The van der Waals surface area contributed by atoms with E-state index in [-0.39, 0.29) is 18.4 Å². The molecule has 1 rings (SSSR count). The summed E-state index contributed by atoms with van der Waals surface area (Å²) in [4.78, 5) is 13.0. The molecule has 0 aliphatic carbocycles. The molecule has 0 saturated heterocycles. The lowest BCUT2D eigenvalue weighted by molar-refractivity contribution is 0.0919. The van der Waals surface area contributed by atoms with Gasteiger partial charge < -0.3 is 9.52 Å². The fourth-order valence-corrected chi connectivity index (χ4v) is 1.20. The second-order valence-electron chi connectivity index (χ2n) is 3.69. The molecule has 1 aromatic heterocycles. The van der Waals surface area contributed by atoms with Crippen LogP contribution < -0.4 is 11.3 Å². The molecule has 4 N–H and O–H groups in total. The third-order valence-corrected chi connectivity index (χ3v) is 2.44. The Kier molecular flexibility index (Phi) is 4.48. The fraction of sp³-hybridized carbons (Fsp3) is 0.500. The van der Waals surface area contributed by atoms with Gasteiger partial charge in [-0.2, -0.15) is 0 Å². The molecule has 0 radical (unpaired) electrons. The molecule has 6 nitrogen and oxygen atoms in total. The number of rotatable bonds is 5. The molecule has 0 aliphatic rings. The first-order chi connectivity index (χ1) is 7.58. The number of furan rings is 1. The van der Waals surface area contributed by atoms with Crippen LogP contribution in [-0.2, 0) is 6.54 Å². The van der Waals surface area contributed by atoms with E-state index in [1.165, 1.54) is 0 Å². The highest BCUT2D eigenvalue weighted by Crippen LogP contribution is 2.11. The van der Waals surface area contributed by atoms with Gasteiger partial charge in [0.25, 0.3) is 0 Å². The van der Waals surface area contributed by atoms with Crippen LogP contribution in [0.2, 0.25) is 0 Å². The molecule has 0 spiro atoms. The van der Waals surface area contributed by atoms with Crippen molar-refractivity contribution in [2.75, 3.05) is 13.7 Å². The van der Waals surface area contributed by atoms with Crippen molar-refractivity contribution in [1.82, 2.24) is 10.3 Å². The van der Waals surface area contributed by atoms with Crippen molar-refractivity contribution in [3.05, 3.63) is 23.7 Å². The van der Waals surface area contributed by atoms with Crippen LogP contribution in [-0.4, -0.2) is 35.6 Å². The summed E-state index contributed by atoms with van der Waals surface area (Å²) in [6.45, 7) is 2.50. The maximum atomic E-state index is 11.1. The molecule has 6 heteroatoms. The number of nitrogens with one attached hydrogen (secondary N) is 1. The van der Waals surface area contributed by atoms with Gasteiger partial charge in [0.2, 0.25) is 0 Å². The van der Waals surface area contributed by atoms with Gasteiger partial charge in [0.05, 0.1) is 13.2 Å². The average Bonchev–Trinajstić information content (AvgIpc) is 2.75. The summed E-state index contributed by atoms with van der Waals surface area (Å²) in [5, 5.41) is 8.96. The van der Waals surface area contributed by atoms with E-state index in [4.69, 9.17) is 15.4 Å². The minimum Gasteiger partial charge on any atom is -0.455 e. The van der Waals surface area contributed by atoms with E-state index in [9.17, 15) is 4.79 Å². The lowest BCUT2D eigenvalue weighted by Gasteiger charge is -2.21. The summed E-state index contributed by atoms with van der Waals surface area (Å²) in [5.74, 6) is 5.36.